The molecule has 0 aliphatic heterocycles. The predicted octanol–water partition coefficient (Wildman–Crippen LogP) is -0.513. The molecule has 0 aliphatic carbocycles. The number of esters is 2. The van der Waals surface area contributed by atoms with E-state index in [-0.39, 0.29) is 24.6 Å². The highest BCUT2D eigenvalue weighted by molar-refractivity contribution is 6.37. The maximum Gasteiger partial charge on any atom is 0.352 e. The molecule has 0 saturated carbocycles. The van der Waals surface area contributed by atoms with Crippen LogP contribution in [0.4, 0.5) is 11.6 Å². The van der Waals surface area contributed by atoms with Gasteiger partial charge in [-0.15, -0.1) is 0 Å². The van der Waals surface area contributed by atoms with Crippen molar-refractivity contribution in [1.82, 2.24) is 15.3 Å². The van der Waals surface area contributed by atoms with Gasteiger partial charge in [0.15, 0.2) is 23.0 Å². The Kier molecular flexibility index (Phi) is 7.98. The summed E-state index contributed by atoms with van der Waals surface area (Å²) in [6.45, 7) is 6.18. The largest absolute Gasteiger partial charge is 0.464 e. The van der Waals surface area contributed by atoms with E-state index in [1.165, 1.54) is 13.8 Å². The van der Waals surface area contributed by atoms with Crippen LogP contribution in [-0.2, 0) is 19.1 Å². The van der Waals surface area contributed by atoms with Crippen LogP contribution in [0.2, 0.25) is 0 Å². The van der Waals surface area contributed by atoms with E-state index in [0.29, 0.717) is 0 Å². The zero-order chi connectivity index (χ0) is 21.4. The molecule has 1 rings (SSSR count). The van der Waals surface area contributed by atoms with Gasteiger partial charge in [0.1, 0.15) is 11.8 Å². The molecule has 0 aromatic carbocycles. The first-order chi connectivity index (χ1) is 13.1. The molecule has 12 nitrogen and oxygen atoms in total. The third kappa shape index (κ3) is 5.72. The number of nitrogens with zero attached hydrogens (tertiary/aromatic N) is 3. The number of nitrogen functional groups attached to an aromatic ring is 2. The molecule has 0 bridgehead atoms. The number of nitrogens with two attached hydrogens (primary N) is 2. The van der Waals surface area contributed by atoms with Crippen molar-refractivity contribution in [3.8, 4) is 0 Å². The molecular weight excluding hydrogens is 372 g/mol. The number of rotatable bonds is 7. The second-order valence-electron chi connectivity index (χ2n) is 5.36. The van der Waals surface area contributed by atoms with E-state index in [2.05, 4.69) is 20.3 Å². The van der Waals surface area contributed by atoms with Crippen molar-refractivity contribution in [1.29, 1.82) is 0 Å². The number of nitrogens with one attached hydrogen (secondary N) is 1. The molecule has 1 atom stereocenters. The Morgan fingerprint density at radius 3 is 2.14 bits per heavy atom. The molecule has 5 N–H and O–H groups in total. The second kappa shape index (κ2) is 9.94. The summed E-state index contributed by atoms with van der Waals surface area (Å²) in [5.41, 5.74) is 10.3. The summed E-state index contributed by atoms with van der Waals surface area (Å²) in [5.74, 6) is -4.06. The summed E-state index contributed by atoms with van der Waals surface area (Å²) in [7, 11) is 0. The summed E-state index contributed by atoms with van der Waals surface area (Å²) >= 11 is 0. The van der Waals surface area contributed by atoms with Crippen molar-refractivity contribution in [2.24, 2.45) is 4.99 Å². The van der Waals surface area contributed by atoms with Gasteiger partial charge in [-0.3, -0.25) is 9.59 Å². The van der Waals surface area contributed by atoms with Gasteiger partial charge in [-0.05, 0) is 27.7 Å². The summed E-state index contributed by atoms with van der Waals surface area (Å²) in [6.07, 6.45) is 0. The zero-order valence-corrected chi connectivity index (χ0v) is 15.9. The lowest BCUT2D eigenvalue weighted by atomic mass is 10.3. The fraction of sp³-hybridized carbons (Fsp3) is 0.438. The minimum Gasteiger partial charge on any atom is -0.464 e. The fourth-order valence-electron chi connectivity index (χ4n) is 1.86. The van der Waals surface area contributed by atoms with Crippen molar-refractivity contribution >= 4 is 41.1 Å². The van der Waals surface area contributed by atoms with E-state index < -0.39 is 47.1 Å². The lowest BCUT2D eigenvalue weighted by Crippen LogP contribution is -2.40. The lowest BCUT2D eigenvalue weighted by molar-refractivity contribution is -0.144. The number of carbonyl (C=O) groups excluding carboxylic acids is 4. The molecule has 0 saturated heterocycles. The highest BCUT2D eigenvalue weighted by Gasteiger charge is 2.24. The molecule has 1 heterocycles. The van der Waals surface area contributed by atoms with E-state index in [0.717, 1.165) is 0 Å². The van der Waals surface area contributed by atoms with Gasteiger partial charge in [-0.25, -0.2) is 24.5 Å². The van der Waals surface area contributed by atoms with E-state index in [4.69, 9.17) is 20.9 Å². The molecule has 28 heavy (non-hydrogen) atoms. The van der Waals surface area contributed by atoms with E-state index in [9.17, 15) is 19.2 Å². The number of aromatic nitrogens is 2. The second-order valence-corrected chi connectivity index (χ2v) is 5.36. The average molecular weight is 394 g/mol. The minimum absolute atomic E-state index is 0.114. The van der Waals surface area contributed by atoms with Gasteiger partial charge in [0.05, 0.1) is 13.2 Å². The first kappa shape index (κ1) is 22.5. The molecule has 0 fully saturated rings. The number of hydrogen-bond donors (Lipinski definition) is 3. The topological polar surface area (TPSA) is 189 Å². The Labute approximate surface area is 160 Å². The van der Waals surface area contributed by atoms with Crippen LogP contribution in [-0.4, -0.2) is 58.7 Å². The molecule has 0 spiro atoms. The zero-order valence-electron chi connectivity index (χ0n) is 15.9. The quantitative estimate of drug-likeness (QED) is 0.401. The van der Waals surface area contributed by atoms with Gasteiger partial charge in [-0.1, -0.05) is 0 Å². The van der Waals surface area contributed by atoms with Crippen LogP contribution in [0, 0.1) is 0 Å². The third-order valence-corrected chi connectivity index (χ3v) is 3.20. The van der Waals surface area contributed by atoms with Crippen LogP contribution < -0.4 is 16.8 Å². The number of anilines is 2. The summed E-state index contributed by atoms with van der Waals surface area (Å²) in [5, 5.41) is 2.33. The monoisotopic (exact) mass is 394 g/mol. The SMILES string of the molecule is CCOC(=O)C(C)=NC(=O)c1nc(N)c(C(=O)N[C@H](C)C(=O)OCC)nc1N. The van der Waals surface area contributed by atoms with Crippen molar-refractivity contribution in [2.45, 2.75) is 33.7 Å². The Morgan fingerprint density at radius 1 is 1.04 bits per heavy atom. The number of ether oxygens (including phenoxy) is 2. The number of hydrogen-bond acceptors (Lipinski definition) is 10. The van der Waals surface area contributed by atoms with Crippen molar-refractivity contribution in [2.75, 3.05) is 24.7 Å². The van der Waals surface area contributed by atoms with E-state index >= 15 is 0 Å². The number of carbonyl (C=O) groups is 4. The van der Waals surface area contributed by atoms with Crippen molar-refractivity contribution in [3.63, 3.8) is 0 Å². The van der Waals surface area contributed by atoms with Crippen molar-refractivity contribution in [3.05, 3.63) is 11.4 Å². The van der Waals surface area contributed by atoms with Crippen LogP contribution in [0.3, 0.4) is 0 Å². The number of amides is 2. The highest BCUT2D eigenvalue weighted by atomic mass is 16.5. The van der Waals surface area contributed by atoms with Crippen LogP contribution in [0.5, 0.6) is 0 Å². The molecule has 12 heteroatoms. The summed E-state index contributed by atoms with van der Waals surface area (Å²) < 4.78 is 9.49. The molecular formula is C16H22N6O6. The fourth-order valence-corrected chi connectivity index (χ4v) is 1.86. The van der Waals surface area contributed by atoms with Crippen LogP contribution >= 0.6 is 0 Å². The van der Waals surface area contributed by atoms with Gasteiger partial charge in [0, 0.05) is 0 Å². The van der Waals surface area contributed by atoms with Crippen LogP contribution in [0.15, 0.2) is 4.99 Å². The molecule has 152 valence electrons. The van der Waals surface area contributed by atoms with Gasteiger partial charge in [0.2, 0.25) is 0 Å². The maximum absolute atomic E-state index is 12.2. The Hall–Kier alpha value is -3.57. The molecule has 0 unspecified atom stereocenters. The van der Waals surface area contributed by atoms with Crippen LogP contribution in [0.25, 0.3) is 0 Å². The average Bonchev–Trinajstić information content (AvgIpc) is 2.63. The van der Waals surface area contributed by atoms with Gasteiger partial charge >= 0.3 is 11.9 Å². The molecule has 2 amide bonds. The summed E-state index contributed by atoms with van der Waals surface area (Å²) in [6, 6.07) is -0.965. The predicted molar refractivity (Wildman–Crippen MR) is 98.5 cm³/mol. The van der Waals surface area contributed by atoms with E-state index in [1.54, 1.807) is 13.8 Å². The van der Waals surface area contributed by atoms with Gasteiger partial charge in [-0.2, -0.15) is 0 Å². The molecule has 1 aromatic rings. The third-order valence-electron chi connectivity index (χ3n) is 3.20. The first-order valence-electron chi connectivity index (χ1n) is 8.29. The molecule has 0 radical (unpaired) electrons. The standard InChI is InChI=1S/C16H22N6O6/c1-5-27-15(25)7(3)19-13(23)9-11(17)22-10(12(18)21-9)14(24)20-8(4)16(26)28-6-2/h7H,5-6H2,1-4H3,(H2,18,21)(H2,17,22)(H,19,23)/t7-/m1/s1. The molecule has 1 aromatic heterocycles. The minimum atomic E-state index is -0.978. The Bertz CT molecular complexity index is 822. The van der Waals surface area contributed by atoms with Crippen molar-refractivity contribution < 1.29 is 28.7 Å². The van der Waals surface area contributed by atoms with Crippen LogP contribution in [0.1, 0.15) is 48.7 Å². The summed E-state index contributed by atoms with van der Waals surface area (Å²) in [4.78, 5) is 58.5. The molecule has 0 aliphatic rings. The number of aliphatic imine (C=N–C) groups is 1. The first-order valence-corrected chi connectivity index (χ1v) is 8.29. The maximum atomic E-state index is 12.2. The Morgan fingerprint density at radius 2 is 1.57 bits per heavy atom. The van der Waals surface area contributed by atoms with Gasteiger partial charge < -0.3 is 26.3 Å². The highest BCUT2D eigenvalue weighted by Crippen LogP contribution is 2.14. The Balaban J connectivity index is 3.05. The smallest absolute Gasteiger partial charge is 0.352 e. The van der Waals surface area contributed by atoms with Gasteiger partial charge in [0.25, 0.3) is 11.8 Å². The van der Waals surface area contributed by atoms with E-state index in [1.807, 2.05) is 0 Å². The lowest BCUT2D eigenvalue weighted by Gasteiger charge is -2.13. The normalized spacial score (nSPS) is 12.1.